The second-order valence-electron chi connectivity index (χ2n) is 6.80. The number of hydrogen-bond acceptors (Lipinski definition) is 3. The van der Waals surface area contributed by atoms with E-state index in [4.69, 9.17) is 5.26 Å². The molecule has 3 heteroatoms. The first-order valence-electron chi connectivity index (χ1n) is 7.57. The van der Waals surface area contributed by atoms with Crippen LogP contribution >= 0.6 is 0 Å². The first-order chi connectivity index (χ1) is 10.1. The highest BCUT2D eigenvalue weighted by atomic mass is 15.1. The van der Waals surface area contributed by atoms with E-state index in [1.807, 2.05) is 24.4 Å². The van der Waals surface area contributed by atoms with Gasteiger partial charge in [-0.3, -0.25) is 9.88 Å². The molecule has 0 spiro atoms. The molecule has 0 N–H and O–H groups in total. The summed E-state index contributed by atoms with van der Waals surface area (Å²) in [4.78, 5) is 7.02. The molecule has 3 rings (SSSR count). The zero-order chi connectivity index (χ0) is 14.9. The predicted molar refractivity (Wildman–Crippen MR) is 84.8 cm³/mol. The third-order valence-electron chi connectivity index (χ3n) is 4.48. The minimum atomic E-state index is 0.486. The van der Waals surface area contributed by atoms with Crippen LogP contribution in [0.3, 0.4) is 0 Å². The Morgan fingerprint density at radius 2 is 2.00 bits per heavy atom. The fraction of sp³-hybridized carbons (Fsp3) is 0.444. The van der Waals surface area contributed by atoms with Crippen molar-refractivity contribution < 1.29 is 0 Å². The number of aromatic nitrogens is 1. The molecular weight excluding hydrogens is 258 g/mol. The Bertz CT molecular complexity index is 687. The van der Waals surface area contributed by atoms with Gasteiger partial charge < -0.3 is 0 Å². The maximum atomic E-state index is 9.00. The fourth-order valence-electron chi connectivity index (χ4n) is 2.91. The van der Waals surface area contributed by atoms with Crippen molar-refractivity contribution in [3.63, 3.8) is 0 Å². The summed E-state index contributed by atoms with van der Waals surface area (Å²) >= 11 is 0. The van der Waals surface area contributed by atoms with Gasteiger partial charge in [0.2, 0.25) is 0 Å². The molecule has 1 aromatic heterocycles. The van der Waals surface area contributed by atoms with Crippen molar-refractivity contribution in [1.82, 2.24) is 9.88 Å². The average Bonchev–Trinajstić information content (AvgIpc) is 2.48. The molecule has 1 saturated heterocycles. The molecule has 0 atom stereocenters. The van der Waals surface area contributed by atoms with Crippen LogP contribution in [-0.4, -0.2) is 23.0 Å². The molecule has 1 aliphatic rings. The molecule has 21 heavy (non-hydrogen) atoms. The first kappa shape index (κ1) is 14.0. The van der Waals surface area contributed by atoms with Gasteiger partial charge in [0.15, 0.2) is 0 Å². The van der Waals surface area contributed by atoms with Crippen molar-refractivity contribution in [3.8, 4) is 6.07 Å². The fourth-order valence-corrected chi connectivity index (χ4v) is 2.91. The number of pyridine rings is 1. The van der Waals surface area contributed by atoms with Crippen LogP contribution in [0.5, 0.6) is 0 Å². The second kappa shape index (κ2) is 5.46. The van der Waals surface area contributed by atoms with Crippen molar-refractivity contribution in [2.75, 3.05) is 13.1 Å². The lowest BCUT2D eigenvalue weighted by Crippen LogP contribution is -2.36. The number of benzene rings is 1. The van der Waals surface area contributed by atoms with Crippen molar-refractivity contribution in [1.29, 1.82) is 5.26 Å². The van der Waals surface area contributed by atoms with E-state index in [0.717, 1.165) is 30.5 Å². The Balaban J connectivity index is 1.77. The van der Waals surface area contributed by atoms with E-state index in [2.05, 4.69) is 35.9 Å². The summed E-state index contributed by atoms with van der Waals surface area (Å²) in [6.07, 6.45) is 4.48. The molecule has 0 bridgehead atoms. The summed E-state index contributed by atoms with van der Waals surface area (Å²) in [5, 5.41) is 10.1. The minimum absolute atomic E-state index is 0.486. The molecule has 2 aromatic rings. The SMILES string of the molecule is CC1(C)CCN(Cc2cnc3ccc(C#N)cc3c2)CC1. The lowest BCUT2D eigenvalue weighted by atomic mass is 9.82. The largest absolute Gasteiger partial charge is 0.299 e. The average molecular weight is 279 g/mol. The van der Waals surface area contributed by atoms with Crippen LogP contribution in [0.1, 0.15) is 37.8 Å². The van der Waals surface area contributed by atoms with Gasteiger partial charge in [-0.2, -0.15) is 5.26 Å². The number of fused-ring (bicyclic) bond motifs is 1. The Kier molecular flexibility index (Phi) is 3.65. The van der Waals surface area contributed by atoms with E-state index in [-0.39, 0.29) is 0 Å². The summed E-state index contributed by atoms with van der Waals surface area (Å²) < 4.78 is 0. The zero-order valence-corrected chi connectivity index (χ0v) is 12.8. The standard InChI is InChI=1S/C18H21N3/c1-18(2)5-7-21(8-6-18)13-15-10-16-9-14(11-19)3-4-17(16)20-12-15/h3-4,9-10,12H,5-8,13H2,1-2H3. The van der Waals surface area contributed by atoms with E-state index < -0.39 is 0 Å². The number of hydrogen-bond donors (Lipinski definition) is 0. The van der Waals surface area contributed by atoms with Crippen LogP contribution in [0.25, 0.3) is 10.9 Å². The summed E-state index contributed by atoms with van der Waals surface area (Å²) in [6, 6.07) is 10.0. The third-order valence-corrected chi connectivity index (χ3v) is 4.48. The Labute approximate surface area is 126 Å². The maximum absolute atomic E-state index is 9.00. The number of piperidine rings is 1. The first-order valence-corrected chi connectivity index (χ1v) is 7.57. The summed E-state index contributed by atoms with van der Waals surface area (Å²) in [5.74, 6) is 0. The number of likely N-dealkylation sites (tertiary alicyclic amines) is 1. The molecule has 0 amide bonds. The molecule has 2 heterocycles. The minimum Gasteiger partial charge on any atom is -0.299 e. The van der Waals surface area contributed by atoms with Gasteiger partial charge in [-0.15, -0.1) is 0 Å². The third kappa shape index (κ3) is 3.22. The topological polar surface area (TPSA) is 39.9 Å². The lowest BCUT2D eigenvalue weighted by molar-refractivity contribution is 0.127. The van der Waals surface area contributed by atoms with Gasteiger partial charge in [0.25, 0.3) is 0 Å². The highest BCUT2D eigenvalue weighted by Gasteiger charge is 2.25. The highest BCUT2D eigenvalue weighted by Crippen LogP contribution is 2.30. The van der Waals surface area contributed by atoms with Crippen LogP contribution in [0, 0.1) is 16.7 Å². The van der Waals surface area contributed by atoms with Gasteiger partial charge in [0.1, 0.15) is 0 Å². The van der Waals surface area contributed by atoms with Gasteiger partial charge in [0.05, 0.1) is 17.1 Å². The number of nitrogens with zero attached hydrogens (tertiary/aromatic N) is 3. The Hall–Kier alpha value is -1.92. The predicted octanol–water partition coefficient (Wildman–Crippen LogP) is 3.73. The van der Waals surface area contributed by atoms with Crippen LogP contribution in [-0.2, 0) is 6.54 Å². The molecule has 0 aliphatic carbocycles. The zero-order valence-electron chi connectivity index (χ0n) is 12.8. The highest BCUT2D eigenvalue weighted by molar-refractivity contribution is 5.80. The van der Waals surface area contributed by atoms with Gasteiger partial charge in [0, 0.05) is 18.1 Å². The molecule has 3 nitrogen and oxygen atoms in total. The van der Waals surface area contributed by atoms with E-state index in [0.29, 0.717) is 11.0 Å². The van der Waals surface area contributed by atoms with E-state index in [9.17, 15) is 0 Å². The van der Waals surface area contributed by atoms with Crippen LogP contribution in [0.4, 0.5) is 0 Å². The molecule has 1 fully saturated rings. The quantitative estimate of drug-likeness (QED) is 0.841. The summed E-state index contributed by atoms with van der Waals surface area (Å²) in [5.41, 5.74) is 3.37. The molecule has 0 unspecified atom stereocenters. The van der Waals surface area contributed by atoms with Gasteiger partial charge in [-0.1, -0.05) is 13.8 Å². The second-order valence-corrected chi connectivity index (χ2v) is 6.80. The molecule has 0 radical (unpaired) electrons. The van der Waals surface area contributed by atoms with Crippen molar-refractivity contribution in [3.05, 3.63) is 41.6 Å². The van der Waals surface area contributed by atoms with Crippen molar-refractivity contribution >= 4 is 10.9 Å². The van der Waals surface area contributed by atoms with Crippen LogP contribution in [0.2, 0.25) is 0 Å². The summed E-state index contributed by atoms with van der Waals surface area (Å²) in [7, 11) is 0. The van der Waals surface area contributed by atoms with Crippen LogP contribution in [0.15, 0.2) is 30.5 Å². The molecule has 108 valence electrons. The smallest absolute Gasteiger partial charge is 0.0991 e. The maximum Gasteiger partial charge on any atom is 0.0991 e. The van der Waals surface area contributed by atoms with Crippen molar-refractivity contribution in [2.24, 2.45) is 5.41 Å². The van der Waals surface area contributed by atoms with Gasteiger partial charge >= 0.3 is 0 Å². The normalized spacial score (nSPS) is 18.5. The molecular formula is C18H21N3. The molecule has 1 aliphatic heterocycles. The van der Waals surface area contributed by atoms with Gasteiger partial charge in [-0.05, 0) is 61.2 Å². The van der Waals surface area contributed by atoms with Gasteiger partial charge in [-0.25, -0.2) is 0 Å². The van der Waals surface area contributed by atoms with E-state index in [1.165, 1.54) is 18.4 Å². The van der Waals surface area contributed by atoms with E-state index >= 15 is 0 Å². The molecule has 1 aromatic carbocycles. The number of rotatable bonds is 2. The monoisotopic (exact) mass is 279 g/mol. The Morgan fingerprint density at radius 3 is 2.71 bits per heavy atom. The van der Waals surface area contributed by atoms with Crippen LogP contribution < -0.4 is 0 Å². The number of nitriles is 1. The molecule has 0 saturated carbocycles. The van der Waals surface area contributed by atoms with E-state index in [1.54, 1.807) is 0 Å². The van der Waals surface area contributed by atoms with Crippen molar-refractivity contribution in [2.45, 2.75) is 33.2 Å². The summed E-state index contributed by atoms with van der Waals surface area (Å²) in [6.45, 7) is 7.97. The lowest BCUT2D eigenvalue weighted by Gasteiger charge is -2.36. The Morgan fingerprint density at radius 1 is 1.24 bits per heavy atom.